The van der Waals surface area contributed by atoms with Crippen LogP contribution in [-0.4, -0.2) is 19.2 Å². The molecule has 1 aliphatic rings. The molecule has 0 radical (unpaired) electrons. The Kier molecular flexibility index (Phi) is 2.66. The monoisotopic (exact) mass is 134 g/mol. The second-order valence-corrected chi connectivity index (χ2v) is 2.23. The van der Waals surface area contributed by atoms with Crippen molar-refractivity contribution in [3.8, 4) is 0 Å². The summed E-state index contributed by atoms with van der Waals surface area (Å²) < 4.78 is 10.2. The van der Waals surface area contributed by atoms with Crippen LogP contribution < -0.4 is 0 Å². The largest absolute Gasteiger partial charge is 0.352 e. The van der Waals surface area contributed by atoms with Crippen molar-refractivity contribution in [2.75, 3.05) is 12.9 Å². The van der Waals surface area contributed by atoms with Crippen LogP contribution in [0.4, 0.5) is 0 Å². The molecule has 48 valence electrons. The molecule has 1 unspecified atom stereocenters. The average Bonchev–Trinajstić information content (AvgIpc) is 2.19. The highest BCUT2D eigenvalue weighted by atomic mass is 32.2. The van der Waals surface area contributed by atoms with Crippen LogP contribution in [0.5, 0.6) is 0 Å². The molecule has 0 aromatic rings. The molecule has 3 heteroatoms. The maximum atomic E-state index is 5.15. The summed E-state index contributed by atoms with van der Waals surface area (Å²) in [5.74, 6) is 0. The van der Waals surface area contributed by atoms with E-state index in [1.165, 1.54) is 12.0 Å². The summed E-state index contributed by atoms with van der Waals surface area (Å²) in [4.78, 5) is 0. The van der Waals surface area contributed by atoms with E-state index in [2.05, 4.69) is 0 Å². The first-order valence-corrected chi connectivity index (χ1v) is 3.89. The summed E-state index contributed by atoms with van der Waals surface area (Å²) in [6, 6.07) is 0. The first-order valence-electron chi connectivity index (χ1n) is 2.74. The van der Waals surface area contributed by atoms with Gasteiger partial charge in [0.2, 0.25) is 0 Å². The zero-order valence-corrected chi connectivity index (χ0v) is 5.74. The van der Waals surface area contributed by atoms with Crippen molar-refractivity contribution in [3.05, 3.63) is 0 Å². The summed E-state index contributed by atoms with van der Waals surface area (Å²) in [5, 5.41) is 0. The minimum atomic E-state index is 0.0741. The zero-order chi connectivity index (χ0) is 5.82. The van der Waals surface area contributed by atoms with E-state index < -0.39 is 0 Å². The summed E-state index contributed by atoms with van der Waals surface area (Å²) >= 11 is 1.37. The van der Waals surface area contributed by atoms with Gasteiger partial charge in [0, 0.05) is 19.3 Å². The fourth-order valence-corrected chi connectivity index (χ4v) is 1.10. The van der Waals surface area contributed by atoms with E-state index in [9.17, 15) is 0 Å². The van der Waals surface area contributed by atoms with Crippen molar-refractivity contribution < 1.29 is 8.92 Å². The molecule has 1 heterocycles. The smallest absolute Gasteiger partial charge is 0.170 e. The van der Waals surface area contributed by atoms with Gasteiger partial charge in [-0.2, -0.15) is 0 Å². The molecule has 0 aromatic heterocycles. The molecule has 1 saturated heterocycles. The molecule has 8 heavy (non-hydrogen) atoms. The van der Waals surface area contributed by atoms with Crippen LogP contribution in [0.25, 0.3) is 0 Å². The summed E-state index contributed by atoms with van der Waals surface area (Å²) in [6.07, 6.45) is 4.18. The lowest BCUT2D eigenvalue weighted by molar-refractivity contribution is -0.0254. The third-order valence-electron chi connectivity index (χ3n) is 1.09. The molecule has 0 bridgehead atoms. The minimum Gasteiger partial charge on any atom is -0.352 e. The first kappa shape index (κ1) is 6.39. The maximum Gasteiger partial charge on any atom is 0.170 e. The van der Waals surface area contributed by atoms with Gasteiger partial charge in [0.05, 0.1) is 0 Å². The van der Waals surface area contributed by atoms with Crippen molar-refractivity contribution in [3.63, 3.8) is 0 Å². The molecule has 1 atom stereocenters. The van der Waals surface area contributed by atoms with E-state index >= 15 is 0 Å². The van der Waals surface area contributed by atoms with E-state index in [0.717, 1.165) is 19.4 Å². The average molecular weight is 134 g/mol. The van der Waals surface area contributed by atoms with E-state index in [-0.39, 0.29) is 6.29 Å². The van der Waals surface area contributed by atoms with Crippen molar-refractivity contribution >= 4 is 12.0 Å². The van der Waals surface area contributed by atoms with Gasteiger partial charge < -0.3 is 4.74 Å². The van der Waals surface area contributed by atoms with Crippen molar-refractivity contribution in [2.24, 2.45) is 0 Å². The Morgan fingerprint density at radius 3 is 3.12 bits per heavy atom. The fourth-order valence-electron chi connectivity index (χ4n) is 0.731. The quantitative estimate of drug-likeness (QED) is 0.532. The van der Waals surface area contributed by atoms with Gasteiger partial charge in [0.25, 0.3) is 0 Å². The molecule has 1 rings (SSSR count). The van der Waals surface area contributed by atoms with E-state index in [0.29, 0.717) is 0 Å². The second-order valence-electron chi connectivity index (χ2n) is 1.71. The van der Waals surface area contributed by atoms with Gasteiger partial charge in [-0.1, -0.05) is 0 Å². The van der Waals surface area contributed by atoms with Gasteiger partial charge in [-0.3, -0.25) is 4.18 Å². The lowest BCUT2D eigenvalue weighted by Crippen LogP contribution is -2.04. The summed E-state index contributed by atoms with van der Waals surface area (Å²) in [5.41, 5.74) is 0. The van der Waals surface area contributed by atoms with Gasteiger partial charge in [-0.25, -0.2) is 0 Å². The molecule has 2 nitrogen and oxygen atoms in total. The number of ether oxygens (including phenoxy) is 1. The van der Waals surface area contributed by atoms with Crippen LogP contribution in [0.2, 0.25) is 0 Å². The van der Waals surface area contributed by atoms with Gasteiger partial charge in [-0.15, -0.1) is 0 Å². The Bertz CT molecular complexity index is 61.4. The Balaban J connectivity index is 2.06. The van der Waals surface area contributed by atoms with Gasteiger partial charge in [-0.05, 0) is 18.5 Å². The van der Waals surface area contributed by atoms with E-state index in [1.54, 1.807) is 0 Å². The van der Waals surface area contributed by atoms with Crippen LogP contribution in [0.3, 0.4) is 0 Å². The fraction of sp³-hybridized carbons (Fsp3) is 1.00. The Morgan fingerprint density at radius 2 is 2.62 bits per heavy atom. The summed E-state index contributed by atoms with van der Waals surface area (Å²) in [6.45, 7) is 0.866. The Labute approximate surface area is 53.8 Å². The summed E-state index contributed by atoms with van der Waals surface area (Å²) in [7, 11) is 0. The van der Waals surface area contributed by atoms with Crippen LogP contribution in [0.1, 0.15) is 12.8 Å². The van der Waals surface area contributed by atoms with Crippen molar-refractivity contribution in [1.82, 2.24) is 0 Å². The predicted molar refractivity (Wildman–Crippen MR) is 33.6 cm³/mol. The molecular formula is C5H10O2S. The molecule has 0 N–H and O–H groups in total. The number of rotatable bonds is 2. The molecule has 0 saturated carbocycles. The highest BCUT2D eigenvalue weighted by Crippen LogP contribution is 2.16. The van der Waals surface area contributed by atoms with Crippen LogP contribution >= 0.6 is 12.0 Å². The molecule has 1 aliphatic heterocycles. The Hall–Kier alpha value is 0.270. The first-order chi connectivity index (χ1) is 3.93. The van der Waals surface area contributed by atoms with Crippen molar-refractivity contribution in [1.29, 1.82) is 0 Å². The van der Waals surface area contributed by atoms with Crippen LogP contribution in [-0.2, 0) is 8.92 Å². The highest BCUT2D eigenvalue weighted by molar-refractivity contribution is 7.93. The molecule has 0 aliphatic carbocycles. The highest BCUT2D eigenvalue weighted by Gasteiger charge is 2.14. The topological polar surface area (TPSA) is 18.5 Å². The SMILES string of the molecule is CSOC1CCCO1. The molecule has 0 aromatic carbocycles. The minimum absolute atomic E-state index is 0.0741. The van der Waals surface area contributed by atoms with E-state index in [1.807, 2.05) is 6.26 Å². The normalized spacial score (nSPS) is 28.9. The third-order valence-corrected chi connectivity index (χ3v) is 1.50. The second kappa shape index (κ2) is 3.33. The lowest BCUT2D eigenvalue weighted by Gasteiger charge is -2.04. The third kappa shape index (κ3) is 1.65. The molecule has 0 spiro atoms. The Morgan fingerprint density at radius 1 is 1.75 bits per heavy atom. The number of hydrogen-bond acceptors (Lipinski definition) is 3. The predicted octanol–water partition coefficient (Wildman–Crippen LogP) is 1.42. The van der Waals surface area contributed by atoms with E-state index in [4.69, 9.17) is 8.92 Å². The zero-order valence-electron chi connectivity index (χ0n) is 4.92. The van der Waals surface area contributed by atoms with Crippen LogP contribution in [0.15, 0.2) is 0 Å². The lowest BCUT2D eigenvalue weighted by atomic mass is 10.4. The van der Waals surface area contributed by atoms with Crippen molar-refractivity contribution in [2.45, 2.75) is 19.1 Å². The van der Waals surface area contributed by atoms with Gasteiger partial charge in [0.1, 0.15) is 0 Å². The molecular weight excluding hydrogens is 124 g/mol. The maximum absolute atomic E-state index is 5.15. The molecule has 0 amide bonds. The number of hydrogen-bond donors (Lipinski definition) is 0. The molecule has 1 fully saturated rings. The van der Waals surface area contributed by atoms with Gasteiger partial charge in [0.15, 0.2) is 6.29 Å². The van der Waals surface area contributed by atoms with Crippen LogP contribution in [0, 0.1) is 0 Å². The standard InChI is InChI=1S/C5H10O2S/c1-8-7-5-3-2-4-6-5/h5H,2-4H2,1H3. The van der Waals surface area contributed by atoms with Gasteiger partial charge >= 0.3 is 0 Å².